The first-order valence-electron chi connectivity index (χ1n) is 9.13. The number of nitrogens with one attached hydrogen (secondary N) is 2. The first-order chi connectivity index (χ1) is 13.4. The maximum absolute atomic E-state index is 12.7. The Morgan fingerprint density at radius 3 is 2.50 bits per heavy atom. The van der Waals surface area contributed by atoms with Crippen LogP contribution in [0.5, 0.6) is 0 Å². The smallest absolute Gasteiger partial charge is 0.328 e. The summed E-state index contributed by atoms with van der Waals surface area (Å²) in [5.41, 5.74) is 0.421. The first kappa shape index (κ1) is 21.8. The Labute approximate surface area is 168 Å². The summed E-state index contributed by atoms with van der Waals surface area (Å²) in [6.45, 7) is 4.58. The molecule has 0 spiro atoms. The number of carbonyl (C=O) groups excluding carboxylic acids is 2. The van der Waals surface area contributed by atoms with Gasteiger partial charge in [-0.2, -0.15) is 11.8 Å². The van der Waals surface area contributed by atoms with E-state index < -0.39 is 18.0 Å². The Balaban J connectivity index is 2.31. The second-order valence-corrected chi connectivity index (χ2v) is 7.88. The van der Waals surface area contributed by atoms with Crippen molar-refractivity contribution in [3.63, 3.8) is 0 Å². The maximum atomic E-state index is 12.7. The molecule has 0 aliphatic heterocycles. The van der Waals surface area contributed by atoms with E-state index in [1.165, 1.54) is 7.11 Å². The fraction of sp³-hybridized carbons (Fsp3) is 0.450. The molecule has 1 atom stereocenters. The van der Waals surface area contributed by atoms with Gasteiger partial charge in [-0.05, 0) is 30.4 Å². The van der Waals surface area contributed by atoms with Gasteiger partial charge in [-0.15, -0.1) is 0 Å². The maximum Gasteiger partial charge on any atom is 0.328 e. The number of hydrogen-bond donors (Lipinski definition) is 2. The molecule has 2 amide bonds. The largest absolute Gasteiger partial charge is 0.467 e. The number of carbonyl (C=O) groups is 2. The van der Waals surface area contributed by atoms with E-state index in [9.17, 15) is 14.4 Å². The summed E-state index contributed by atoms with van der Waals surface area (Å²) in [5, 5.41) is 6.64. The molecule has 152 valence electrons. The van der Waals surface area contributed by atoms with Gasteiger partial charge in [0, 0.05) is 23.5 Å². The number of esters is 1. The number of urea groups is 1. The number of aromatic nitrogens is 1. The first-order valence-corrected chi connectivity index (χ1v) is 10.5. The molecule has 0 saturated heterocycles. The van der Waals surface area contributed by atoms with Crippen LogP contribution in [0.4, 0.5) is 10.5 Å². The van der Waals surface area contributed by atoms with E-state index in [0.717, 1.165) is 0 Å². The Morgan fingerprint density at radius 1 is 1.21 bits per heavy atom. The molecule has 0 aliphatic rings. The van der Waals surface area contributed by atoms with Gasteiger partial charge in [-0.3, -0.25) is 4.79 Å². The van der Waals surface area contributed by atoms with Crippen LogP contribution in [0.1, 0.15) is 20.3 Å². The van der Waals surface area contributed by atoms with Gasteiger partial charge >= 0.3 is 12.0 Å². The Bertz CT molecular complexity index is 895. The van der Waals surface area contributed by atoms with Crippen molar-refractivity contribution >= 4 is 40.2 Å². The quantitative estimate of drug-likeness (QED) is 0.659. The highest BCUT2D eigenvalue weighted by Crippen LogP contribution is 2.21. The number of thioether (sulfide) groups is 1. The van der Waals surface area contributed by atoms with Crippen LogP contribution < -0.4 is 16.2 Å². The minimum absolute atomic E-state index is 0.0948. The molecule has 2 N–H and O–H groups in total. The number of rotatable bonds is 8. The number of nitrogens with zero attached hydrogens (tertiary/aromatic N) is 1. The third-order valence-corrected chi connectivity index (χ3v) is 4.85. The molecule has 1 unspecified atom stereocenters. The third kappa shape index (κ3) is 5.51. The number of fused-ring (bicyclic) bond motifs is 1. The average molecular weight is 406 g/mol. The average Bonchev–Trinajstić information content (AvgIpc) is 2.67. The van der Waals surface area contributed by atoms with Crippen LogP contribution in [-0.4, -0.2) is 41.7 Å². The van der Waals surface area contributed by atoms with Gasteiger partial charge < -0.3 is 19.9 Å². The minimum atomic E-state index is -0.731. The number of hydrogen-bond acceptors (Lipinski definition) is 5. The van der Waals surface area contributed by atoms with Crippen LogP contribution >= 0.6 is 11.8 Å². The number of anilines is 1. The zero-order chi connectivity index (χ0) is 20.7. The molecule has 1 heterocycles. The molecule has 7 nitrogen and oxygen atoms in total. The third-order valence-electron chi connectivity index (χ3n) is 4.21. The van der Waals surface area contributed by atoms with E-state index in [0.29, 0.717) is 35.2 Å². The van der Waals surface area contributed by atoms with Gasteiger partial charge in [0.25, 0.3) is 5.56 Å². The summed E-state index contributed by atoms with van der Waals surface area (Å²) in [4.78, 5) is 37.2. The number of benzene rings is 1. The molecule has 0 fully saturated rings. The van der Waals surface area contributed by atoms with Gasteiger partial charge in [0.1, 0.15) is 6.04 Å². The van der Waals surface area contributed by atoms with Gasteiger partial charge in [0.15, 0.2) is 0 Å². The van der Waals surface area contributed by atoms with Crippen molar-refractivity contribution in [1.29, 1.82) is 0 Å². The predicted molar refractivity (Wildman–Crippen MR) is 114 cm³/mol. The highest BCUT2D eigenvalue weighted by Gasteiger charge is 2.21. The lowest BCUT2D eigenvalue weighted by Gasteiger charge is -2.18. The van der Waals surface area contributed by atoms with E-state index in [2.05, 4.69) is 10.6 Å². The van der Waals surface area contributed by atoms with Gasteiger partial charge in [-0.1, -0.05) is 32.0 Å². The molecule has 8 heteroatoms. The van der Waals surface area contributed by atoms with E-state index >= 15 is 0 Å². The van der Waals surface area contributed by atoms with Crippen LogP contribution in [0.2, 0.25) is 0 Å². The number of pyridine rings is 1. The Kier molecular flexibility index (Phi) is 7.92. The van der Waals surface area contributed by atoms with Crippen molar-refractivity contribution in [1.82, 2.24) is 9.88 Å². The van der Waals surface area contributed by atoms with Gasteiger partial charge in [0.2, 0.25) is 0 Å². The topological polar surface area (TPSA) is 89.4 Å². The van der Waals surface area contributed by atoms with E-state index in [1.807, 2.05) is 26.2 Å². The summed E-state index contributed by atoms with van der Waals surface area (Å²) in [6, 6.07) is 5.89. The highest BCUT2D eigenvalue weighted by atomic mass is 32.2. The molecular formula is C20H27N3O4S. The molecular weight excluding hydrogens is 378 g/mol. The number of methoxy groups -OCH3 is 1. The van der Waals surface area contributed by atoms with E-state index in [-0.39, 0.29) is 11.5 Å². The zero-order valence-electron chi connectivity index (χ0n) is 16.7. The molecule has 28 heavy (non-hydrogen) atoms. The van der Waals surface area contributed by atoms with Gasteiger partial charge in [-0.25, -0.2) is 9.59 Å². The van der Waals surface area contributed by atoms with Crippen LogP contribution in [0.15, 0.2) is 35.3 Å². The lowest BCUT2D eigenvalue weighted by molar-refractivity contribution is -0.142. The van der Waals surface area contributed by atoms with Gasteiger partial charge in [0.05, 0.1) is 12.8 Å². The zero-order valence-corrected chi connectivity index (χ0v) is 17.5. The molecule has 2 aromatic rings. The molecule has 1 aromatic heterocycles. The SMILES string of the molecule is COC(=O)C(CCSC)NC(=O)Nc1cn(CC(C)C)c(=O)c2ccccc12. The Hall–Kier alpha value is -2.48. The highest BCUT2D eigenvalue weighted by molar-refractivity contribution is 7.98. The van der Waals surface area contributed by atoms with Crippen LogP contribution in [0.25, 0.3) is 10.8 Å². The molecule has 0 aliphatic carbocycles. The summed E-state index contributed by atoms with van der Waals surface area (Å²) in [5.74, 6) is 0.497. The van der Waals surface area contributed by atoms with Crippen molar-refractivity contribution in [3.05, 3.63) is 40.8 Å². The van der Waals surface area contributed by atoms with Crippen molar-refractivity contribution in [2.24, 2.45) is 5.92 Å². The minimum Gasteiger partial charge on any atom is -0.467 e. The standard InChI is InChI=1S/C20H27N3O4S/c1-13(2)11-23-12-17(14-7-5-6-8-15(14)18(23)24)22-20(26)21-16(9-10-28-4)19(25)27-3/h5-8,12-13,16H,9-11H2,1-4H3,(H2,21,22,26). The predicted octanol–water partition coefficient (Wildman–Crippen LogP) is 3.07. The number of ether oxygens (including phenoxy) is 1. The second-order valence-electron chi connectivity index (χ2n) is 6.90. The lowest BCUT2D eigenvalue weighted by Crippen LogP contribution is -2.44. The molecule has 1 aromatic carbocycles. The monoisotopic (exact) mass is 405 g/mol. The summed E-state index contributed by atoms with van der Waals surface area (Å²) < 4.78 is 6.38. The summed E-state index contributed by atoms with van der Waals surface area (Å²) in [7, 11) is 1.29. The van der Waals surface area contributed by atoms with Crippen LogP contribution in [0.3, 0.4) is 0 Å². The number of amides is 2. The molecule has 2 rings (SSSR count). The van der Waals surface area contributed by atoms with Crippen molar-refractivity contribution in [2.75, 3.05) is 24.4 Å². The lowest BCUT2D eigenvalue weighted by atomic mass is 10.1. The molecule has 0 radical (unpaired) electrons. The fourth-order valence-corrected chi connectivity index (χ4v) is 3.39. The molecule has 0 bridgehead atoms. The fourth-order valence-electron chi connectivity index (χ4n) is 2.92. The second kappa shape index (κ2) is 10.2. The van der Waals surface area contributed by atoms with E-state index in [1.54, 1.807) is 40.7 Å². The van der Waals surface area contributed by atoms with Crippen LogP contribution in [-0.2, 0) is 16.1 Å². The molecule has 0 saturated carbocycles. The van der Waals surface area contributed by atoms with Crippen molar-refractivity contribution < 1.29 is 14.3 Å². The normalized spacial score (nSPS) is 12.0. The van der Waals surface area contributed by atoms with Crippen molar-refractivity contribution in [2.45, 2.75) is 32.9 Å². The summed E-state index contributed by atoms with van der Waals surface area (Å²) >= 11 is 1.58. The van der Waals surface area contributed by atoms with Crippen molar-refractivity contribution in [3.8, 4) is 0 Å². The Morgan fingerprint density at radius 2 is 1.89 bits per heavy atom. The van der Waals surface area contributed by atoms with E-state index in [4.69, 9.17) is 4.74 Å². The summed E-state index contributed by atoms with van der Waals surface area (Å²) in [6.07, 6.45) is 4.05. The van der Waals surface area contributed by atoms with Crippen LogP contribution in [0, 0.1) is 5.92 Å².